The Hall–Kier alpha value is -2.14. The number of benzene rings is 1. The average molecular weight is 482 g/mol. The van der Waals surface area contributed by atoms with Gasteiger partial charge in [-0.2, -0.15) is 8.84 Å². The van der Waals surface area contributed by atoms with E-state index in [-0.39, 0.29) is 22.2 Å². The molecule has 2 aliphatic rings. The lowest BCUT2D eigenvalue weighted by atomic mass is 10.3. The molecule has 3 rings (SSSR count). The second kappa shape index (κ2) is 9.87. The van der Waals surface area contributed by atoms with Crippen molar-refractivity contribution in [1.29, 1.82) is 0 Å². The molecule has 28 heavy (non-hydrogen) atoms. The van der Waals surface area contributed by atoms with Gasteiger partial charge in [0.1, 0.15) is 10.1 Å². The van der Waals surface area contributed by atoms with Crippen LogP contribution in [0.4, 0.5) is 17.6 Å². The molecule has 4 amide bonds. The van der Waals surface area contributed by atoms with Gasteiger partial charge < -0.3 is 0 Å². The van der Waals surface area contributed by atoms with Gasteiger partial charge in [0.05, 0.1) is 0 Å². The maximum absolute atomic E-state index is 12.0. The summed E-state index contributed by atoms with van der Waals surface area (Å²) in [5.74, 6) is -8.07. The van der Waals surface area contributed by atoms with E-state index in [0.717, 1.165) is 12.2 Å². The van der Waals surface area contributed by atoms with Gasteiger partial charge in [-0.1, -0.05) is 23.2 Å². The summed E-state index contributed by atoms with van der Waals surface area (Å²) in [5, 5.41) is -0.287. The zero-order valence-corrected chi connectivity index (χ0v) is 15.9. The van der Waals surface area contributed by atoms with Crippen LogP contribution in [-0.2, 0) is 19.2 Å². The highest BCUT2D eigenvalue weighted by Gasteiger charge is 2.28. The fraction of sp³-hybridized carbons (Fsp3) is 0. The van der Waals surface area contributed by atoms with E-state index in [9.17, 15) is 36.7 Å². The van der Waals surface area contributed by atoms with Crippen molar-refractivity contribution in [2.75, 3.05) is 0 Å². The van der Waals surface area contributed by atoms with Gasteiger partial charge in [-0.15, -0.1) is 0 Å². The molecule has 0 bridgehead atoms. The highest BCUT2D eigenvalue weighted by Crippen LogP contribution is 2.18. The molecule has 14 heteroatoms. The molecule has 1 aromatic carbocycles. The Morgan fingerprint density at radius 3 is 0.964 bits per heavy atom. The summed E-state index contributed by atoms with van der Waals surface area (Å²) in [7, 11) is 0. The minimum atomic E-state index is -1.39. The number of halogens is 8. The van der Waals surface area contributed by atoms with Crippen LogP contribution in [0.25, 0.3) is 0 Å². The van der Waals surface area contributed by atoms with E-state index < -0.39 is 46.9 Å². The second-order valence-electron chi connectivity index (χ2n) is 4.51. The molecule has 0 aliphatic carbocycles. The maximum Gasteiger partial charge on any atom is 0.287 e. The zero-order valence-electron chi connectivity index (χ0n) is 12.9. The smallest absolute Gasteiger partial charge is 0.268 e. The van der Waals surface area contributed by atoms with E-state index in [1.54, 1.807) is 0 Å². The molecule has 0 radical (unpaired) electrons. The number of imide groups is 2. The fourth-order valence-corrected chi connectivity index (χ4v) is 2.06. The molecular weight excluding hydrogens is 478 g/mol. The van der Waals surface area contributed by atoms with E-state index in [2.05, 4.69) is 0 Å². The summed E-state index contributed by atoms with van der Waals surface area (Å²) in [5.41, 5.74) is 0. The van der Waals surface area contributed by atoms with Gasteiger partial charge in [0.25, 0.3) is 23.6 Å². The molecule has 2 aliphatic heterocycles. The van der Waals surface area contributed by atoms with Crippen LogP contribution >= 0.6 is 46.8 Å². The summed E-state index contributed by atoms with van der Waals surface area (Å²) in [6, 6.07) is 0.315. The number of rotatable bonds is 0. The number of hydrogen-bond acceptors (Lipinski definition) is 4. The fourth-order valence-electron chi connectivity index (χ4n) is 1.34. The molecule has 0 atom stereocenters. The van der Waals surface area contributed by atoms with Crippen LogP contribution in [0.3, 0.4) is 0 Å². The first-order chi connectivity index (χ1) is 12.9. The van der Waals surface area contributed by atoms with Crippen LogP contribution in [0.15, 0.2) is 34.3 Å². The summed E-state index contributed by atoms with van der Waals surface area (Å²) in [6.07, 6.45) is 1.94. The van der Waals surface area contributed by atoms with Crippen LogP contribution in [0.2, 0.25) is 0 Å². The number of carbonyl (C=O) groups excluding carboxylic acids is 4. The quantitative estimate of drug-likeness (QED) is 0.246. The lowest BCUT2D eigenvalue weighted by Gasteiger charge is -1.97. The van der Waals surface area contributed by atoms with Crippen molar-refractivity contribution < 1.29 is 36.7 Å². The Kier molecular flexibility index (Phi) is 8.43. The lowest BCUT2D eigenvalue weighted by Crippen LogP contribution is -2.19. The topological polar surface area (TPSA) is 74.8 Å². The molecule has 0 saturated carbocycles. The van der Waals surface area contributed by atoms with Gasteiger partial charge in [0.15, 0.2) is 23.3 Å². The second-order valence-corrected chi connectivity index (χ2v) is 6.00. The molecule has 0 spiro atoms. The Morgan fingerprint density at radius 1 is 0.607 bits per heavy atom. The van der Waals surface area contributed by atoms with E-state index in [4.69, 9.17) is 46.8 Å². The summed E-state index contributed by atoms with van der Waals surface area (Å²) in [4.78, 5) is 41.8. The minimum Gasteiger partial charge on any atom is -0.268 e. The molecule has 0 saturated heterocycles. The zero-order chi connectivity index (χ0) is 21.8. The number of nitrogens with zero attached hydrogens (tertiary/aromatic N) is 2. The first kappa shape index (κ1) is 23.9. The maximum atomic E-state index is 12.0. The van der Waals surface area contributed by atoms with Gasteiger partial charge in [0.2, 0.25) is 0 Å². The van der Waals surface area contributed by atoms with Crippen molar-refractivity contribution in [3.05, 3.63) is 57.6 Å². The molecular formula is C14H4Cl4F4N2O4. The molecule has 0 N–H and O–H groups in total. The molecule has 6 nitrogen and oxygen atoms in total. The first-order valence-electron chi connectivity index (χ1n) is 6.49. The van der Waals surface area contributed by atoms with Crippen LogP contribution in [0.5, 0.6) is 0 Å². The predicted octanol–water partition coefficient (Wildman–Crippen LogP) is 3.51. The number of amides is 4. The Morgan fingerprint density at radius 2 is 0.857 bits per heavy atom. The van der Waals surface area contributed by atoms with Crippen molar-refractivity contribution in [1.82, 2.24) is 8.84 Å². The molecule has 1 aromatic rings. The number of carbonyl (C=O) groups is 4. The van der Waals surface area contributed by atoms with Crippen molar-refractivity contribution in [3.63, 3.8) is 0 Å². The third-order valence-corrected chi connectivity index (χ3v) is 3.80. The van der Waals surface area contributed by atoms with Gasteiger partial charge in [-0.25, -0.2) is 17.6 Å². The third-order valence-electron chi connectivity index (χ3n) is 2.62. The monoisotopic (exact) mass is 480 g/mol. The molecule has 150 valence electrons. The minimum absolute atomic E-state index is 0.144. The third kappa shape index (κ3) is 5.93. The van der Waals surface area contributed by atoms with E-state index in [0.29, 0.717) is 8.84 Å². The largest absolute Gasteiger partial charge is 0.287 e. The normalized spacial score (nSPS) is 15.7. The SMILES string of the molecule is Fc1cc(F)c(F)cc1F.O=C1C=C(Cl)C(=O)N1Cl.O=C1C=C(Cl)C(=O)N1Cl. The Balaban J connectivity index is 0.000000210. The van der Waals surface area contributed by atoms with Crippen LogP contribution in [-0.4, -0.2) is 32.5 Å². The molecule has 0 aromatic heterocycles. The summed E-state index contributed by atoms with van der Waals surface area (Å²) < 4.78 is 48.8. The summed E-state index contributed by atoms with van der Waals surface area (Å²) in [6.45, 7) is 0. The average Bonchev–Trinajstić information content (AvgIpc) is 2.98. The van der Waals surface area contributed by atoms with Crippen molar-refractivity contribution >= 4 is 70.4 Å². The Bertz CT molecular complexity index is 827. The van der Waals surface area contributed by atoms with E-state index in [1.807, 2.05) is 0 Å². The van der Waals surface area contributed by atoms with E-state index >= 15 is 0 Å². The lowest BCUT2D eigenvalue weighted by molar-refractivity contribution is -0.132. The van der Waals surface area contributed by atoms with Gasteiger partial charge in [-0.3, -0.25) is 19.2 Å². The molecule has 2 heterocycles. The number of hydrogen-bond donors (Lipinski definition) is 0. The summed E-state index contributed by atoms with van der Waals surface area (Å²) >= 11 is 20.6. The van der Waals surface area contributed by atoms with Crippen LogP contribution in [0, 0.1) is 23.3 Å². The van der Waals surface area contributed by atoms with Crippen molar-refractivity contribution in [2.45, 2.75) is 0 Å². The van der Waals surface area contributed by atoms with Crippen molar-refractivity contribution in [2.24, 2.45) is 0 Å². The van der Waals surface area contributed by atoms with Gasteiger partial charge in [-0.05, 0) is 0 Å². The van der Waals surface area contributed by atoms with Crippen LogP contribution < -0.4 is 0 Å². The van der Waals surface area contributed by atoms with Crippen LogP contribution in [0.1, 0.15) is 0 Å². The standard InChI is InChI=1S/C6H2F4.2C4HCl2NO2/c7-3-1-4(8)6(10)2-5(3)9;2*5-2-1-3(8)7(6)4(2)9/h1-2H;2*1H. The first-order valence-corrected chi connectivity index (χ1v) is 7.92. The predicted molar refractivity (Wildman–Crippen MR) is 89.6 cm³/mol. The molecule has 0 fully saturated rings. The highest BCUT2D eigenvalue weighted by molar-refractivity contribution is 6.52. The van der Waals surface area contributed by atoms with E-state index in [1.165, 1.54) is 0 Å². The molecule has 0 unspecified atom stereocenters. The van der Waals surface area contributed by atoms with Gasteiger partial charge in [0, 0.05) is 47.8 Å². The highest BCUT2D eigenvalue weighted by atomic mass is 35.5. The Labute approximate surface area is 173 Å². The van der Waals surface area contributed by atoms with Crippen molar-refractivity contribution in [3.8, 4) is 0 Å². The van der Waals surface area contributed by atoms with Gasteiger partial charge >= 0.3 is 0 Å².